The normalized spacial score (nSPS) is 19.9. The molecule has 0 aromatic rings. The molecular formula is C13H27N3O3S. The summed E-state index contributed by atoms with van der Waals surface area (Å²) >= 11 is 0. The van der Waals surface area contributed by atoms with Crippen LogP contribution in [0.2, 0.25) is 0 Å². The highest BCUT2D eigenvalue weighted by Gasteiger charge is 2.42. The van der Waals surface area contributed by atoms with Crippen molar-refractivity contribution in [2.24, 2.45) is 5.73 Å². The molecule has 2 N–H and O–H groups in total. The maximum atomic E-state index is 12.4. The summed E-state index contributed by atoms with van der Waals surface area (Å²) in [6.45, 7) is 8.30. The lowest BCUT2D eigenvalue weighted by atomic mass is 10.1. The van der Waals surface area contributed by atoms with Crippen LogP contribution in [0.25, 0.3) is 0 Å². The third-order valence-electron chi connectivity index (χ3n) is 4.30. The van der Waals surface area contributed by atoms with Gasteiger partial charge in [-0.25, -0.2) is 8.42 Å². The summed E-state index contributed by atoms with van der Waals surface area (Å²) in [5, 5.41) is 0. The highest BCUT2D eigenvalue weighted by Crippen LogP contribution is 2.20. The first-order valence-electron chi connectivity index (χ1n) is 7.08. The van der Waals surface area contributed by atoms with Gasteiger partial charge >= 0.3 is 0 Å². The van der Waals surface area contributed by atoms with Crippen LogP contribution in [0.4, 0.5) is 0 Å². The van der Waals surface area contributed by atoms with E-state index in [2.05, 4.69) is 11.8 Å². The zero-order chi connectivity index (χ0) is 15.6. The molecule has 1 amide bonds. The topological polar surface area (TPSA) is 83.7 Å². The molecule has 0 bridgehead atoms. The van der Waals surface area contributed by atoms with Crippen molar-refractivity contribution >= 4 is 15.7 Å². The third kappa shape index (κ3) is 3.51. The quantitative estimate of drug-likeness (QED) is 0.753. The van der Waals surface area contributed by atoms with Gasteiger partial charge in [0.15, 0.2) is 9.84 Å². The molecule has 0 spiro atoms. The highest BCUT2D eigenvalue weighted by atomic mass is 32.2. The number of amides is 1. The van der Waals surface area contributed by atoms with Gasteiger partial charge in [0.25, 0.3) is 0 Å². The molecule has 1 atom stereocenters. The van der Waals surface area contributed by atoms with E-state index < -0.39 is 14.6 Å². The second-order valence-electron chi connectivity index (χ2n) is 5.91. The first-order valence-corrected chi connectivity index (χ1v) is 8.97. The predicted octanol–water partition coefficient (Wildman–Crippen LogP) is -0.309. The number of piperazine rings is 1. The number of rotatable bonds is 5. The maximum absolute atomic E-state index is 12.4. The van der Waals surface area contributed by atoms with Gasteiger partial charge in [-0.1, -0.05) is 6.92 Å². The fraction of sp³-hybridized carbons (Fsp3) is 0.923. The number of hydrogen-bond donors (Lipinski definition) is 1. The van der Waals surface area contributed by atoms with E-state index in [4.69, 9.17) is 5.73 Å². The molecule has 20 heavy (non-hydrogen) atoms. The average molecular weight is 305 g/mol. The van der Waals surface area contributed by atoms with E-state index >= 15 is 0 Å². The lowest BCUT2D eigenvalue weighted by Gasteiger charge is -2.40. The fourth-order valence-corrected chi connectivity index (χ4v) is 2.85. The molecule has 7 heteroatoms. The van der Waals surface area contributed by atoms with Crippen molar-refractivity contribution in [3.63, 3.8) is 0 Å². The summed E-state index contributed by atoms with van der Waals surface area (Å²) in [6.07, 6.45) is 2.10. The number of hydrogen-bond acceptors (Lipinski definition) is 5. The van der Waals surface area contributed by atoms with Crippen molar-refractivity contribution in [1.29, 1.82) is 0 Å². The zero-order valence-electron chi connectivity index (χ0n) is 12.9. The van der Waals surface area contributed by atoms with E-state index in [1.54, 1.807) is 4.90 Å². The average Bonchev–Trinajstić information content (AvgIpc) is 2.39. The van der Waals surface area contributed by atoms with E-state index in [1.165, 1.54) is 13.8 Å². The molecule has 1 aliphatic rings. The Morgan fingerprint density at radius 3 is 2.10 bits per heavy atom. The van der Waals surface area contributed by atoms with Crippen LogP contribution in [0.1, 0.15) is 27.2 Å². The second-order valence-corrected chi connectivity index (χ2v) is 8.47. The van der Waals surface area contributed by atoms with Crippen LogP contribution in [0, 0.1) is 0 Å². The summed E-state index contributed by atoms with van der Waals surface area (Å²) < 4.78 is 22.1. The van der Waals surface area contributed by atoms with Gasteiger partial charge < -0.3 is 10.6 Å². The van der Waals surface area contributed by atoms with E-state index in [0.29, 0.717) is 25.7 Å². The molecule has 1 fully saturated rings. The molecule has 0 aromatic heterocycles. The number of nitrogens with zero attached hydrogens (tertiary/aromatic N) is 2. The first kappa shape index (κ1) is 17.4. The van der Waals surface area contributed by atoms with Crippen LogP contribution in [-0.2, 0) is 14.6 Å². The number of carbonyl (C=O) groups is 1. The Kier molecular flexibility index (Phi) is 5.57. The van der Waals surface area contributed by atoms with E-state index in [-0.39, 0.29) is 5.91 Å². The van der Waals surface area contributed by atoms with Gasteiger partial charge in [-0.2, -0.15) is 0 Å². The Morgan fingerprint density at radius 2 is 1.75 bits per heavy atom. The summed E-state index contributed by atoms with van der Waals surface area (Å²) in [5.74, 6) is -0.305. The Bertz CT molecular complexity index is 436. The predicted molar refractivity (Wildman–Crippen MR) is 80.2 cm³/mol. The van der Waals surface area contributed by atoms with Gasteiger partial charge in [0.2, 0.25) is 5.91 Å². The largest absolute Gasteiger partial charge is 0.339 e. The van der Waals surface area contributed by atoms with Gasteiger partial charge in [-0.05, 0) is 20.3 Å². The molecule has 118 valence electrons. The summed E-state index contributed by atoms with van der Waals surface area (Å²) in [5.41, 5.74) is 5.73. The maximum Gasteiger partial charge on any atom is 0.243 e. The summed E-state index contributed by atoms with van der Waals surface area (Å²) in [4.78, 5) is 16.3. The van der Waals surface area contributed by atoms with E-state index in [0.717, 1.165) is 25.8 Å². The van der Waals surface area contributed by atoms with Crippen molar-refractivity contribution in [2.45, 2.75) is 38.0 Å². The smallest absolute Gasteiger partial charge is 0.243 e. The standard InChI is InChI=1S/C13H27N3O3S/c1-5-11(10-14)15-6-8-16(9-7-15)12(17)13(2,3)20(4,18)19/h11H,5-10,14H2,1-4H3. The number of nitrogens with two attached hydrogens (primary N) is 1. The molecule has 6 nitrogen and oxygen atoms in total. The highest BCUT2D eigenvalue weighted by molar-refractivity contribution is 7.92. The fourth-order valence-electron chi connectivity index (χ4n) is 2.40. The van der Waals surface area contributed by atoms with Gasteiger partial charge in [0.05, 0.1) is 0 Å². The Labute approximate surface area is 122 Å². The minimum atomic E-state index is -3.41. The molecule has 0 radical (unpaired) electrons. The molecule has 1 aliphatic heterocycles. The lowest BCUT2D eigenvalue weighted by molar-refractivity contribution is -0.135. The van der Waals surface area contributed by atoms with Gasteiger partial charge in [-0.15, -0.1) is 0 Å². The zero-order valence-corrected chi connectivity index (χ0v) is 13.7. The molecule has 0 aliphatic carbocycles. The Hall–Kier alpha value is -0.660. The molecule has 0 aromatic carbocycles. The molecule has 1 heterocycles. The molecule has 0 saturated carbocycles. The van der Waals surface area contributed by atoms with Crippen LogP contribution in [-0.4, -0.2) is 73.9 Å². The van der Waals surface area contributed by atoms with E-state index in [1.807, 2.05) is 0 Å². The summed E-state index contributed by atoms with van der Waals surface area (Å²) in [6, 6.07) is 0.343. The van der Waals surface area contributed by atoms with Gasteiger partial charge in [-0.3, -0.25) is 9.69 Å². The van der Waals surface area contributed by atoms with Crippen LogP contribution in [0.5, 0.6) is 0 Å². The first-order chi connectivity index (χ1) is 9.15. The van der Waals surface area contributed by atoms with Crippen molar-refractivity contribution in [1.82, 2.24) is 9.80 Å². The molecule has 1 unspecified atom stereocenters. The van der Waals surface area contributed by atoms with Gasteiger partial charge in [0, 0.05) is 45.0 Å². The molecule has 1 saturated heterocycles. The van der Waals surface area contributed by atoms with Crippen molar-refractivity contribution in [3.05, 3.63) is 0 Å². The van der Waals surface area contributed by atoms with Crippen molar-refractivity contribution < 1.29 is 13.2 Å². The van der Waals surface area contributed by atoms with Crippen LogP contribution in [0.3, 0.4) is 0 Å². The lowest BCUT2D eigenvalue weighted by Crippen LogP contribution is -2.58. The van der Waals surface area contributed by atoms with Crippen LogP contribution >= 0.6 is 0 Å². The Morgan fingerprint density at radius 1 is 1.25 bits per heavy atom. The molecular weight excluding hydrogens is 278 g/mol. The SMILES string of the molecule is CCC(CN)N1CCN(C(=O)C(C)(C)S(C)(=O)=O)CC1. The third-order valence-corrected chi connectivity index (χ3v) is 6.33. The Balaban J connectivity index is 2.69. The van der Waals surface area contributed by atoms with E-state index in [9.17, 15) is 13.2 Å². The monoisotopic (exact) mass is 305 g/mol. The van der Waals surface area contributed by atoms with Crippen molar-refractivity contribution in [2.75, 3.05) is 39.0 Å². The number of sulfone groups is 1. The van der Waals surface area contributed by atoms with Crippen molar-refractivity contribution in [3.8, 4) is 0 Å². The molecule has 1 rings (SSSR count). The van der Waals surface area contributed by atoms with Crippen LogP contribution in [0.15, 0.2) is 0 Å². The minimum absolute atomic E-state index is 0.305. The number of carbonyl (C=O) groups excluding carboxylic acids is 1. The van der Waals surface area contributed by atoms with Crippen LogP contribution < -0.4 is 5.73 Å². The second kappa shape index (κ2) is 6.41. The minimum Gasteiger partial charge on any atom is -0.339 e. The summed E-state index contributed by atoms with van der Waals surface area (Å²) in [7, 11) is -3.41. The van der Waals surface area contributed by atoms with Gasteiger partial charge in [0.1, 0.15) is 4.75 Å².